The van der Waals surface area contributed by atoms with Gasteiger partial charge in [-0.15, -0.1) is 0 Å². The molecule has 2 unspecified atom stereocenters. The number of carbonyl (C=O) groups is 1. The first-order valence-electron chi connectivity index (χ1n) is 4.47. The van der Waals surface area contributed by atoms with Crippen LogP contribution in [0.1, 0.15) is 26.2 Å². The van der Waals surface area contributed by atoms with Crippen molar-refractivity contribution in [3.05, 3.63) is 0 Å². The molecule has 13 heavy (non-hydrogen) atoms. The average Bonchev–Trinajstić information content (AvgIpc) is 2.04. The van der Waals surface area contributed by atoms with Gasteiger partial charge < -0.3 is 10.2 Å². The number of aliphatic carboxylic acids is 1. The molecule has 0 bridgehead atoms. The van der Waals surface area contributed by atoms with Crippen molar-refractivity contribution >= 4 is 17.7 Å². The average molecular weight is 206 g/mol. The minimum absolute atomic E-state index is 0.365. The summed E-state index contributed by atoms with van der Waals surface area (Å²) in [5.41, 5.74) is 0. The minimum atomic E-state index is -0.830. The molecule has 0 rings (SSSR count). The lowest BCUT2D eigenvalue weighted by atomic mass is 10.0. The molecule has 0 aliphatic carbocycles. The molecular formula is C9H18O3S. The summed E-state index contributed by atoms with van der Waals surface area (Å²) >= 11 is 1.74. The van der Waals surface area contributed by atoms with E-state index in [0.717, 1.165) is 12.2 Å². The van der Waals surface area contributed by atoms with Crippen LogP contribution in [-0.2, 0) is 4.79 Å². The van der Waals surface area contributed by atoms with Crippen LogP contribution in [0.4, 0.5) is 0 Å². The number of aliphatic hydroxyl groups is 1. The summed E-state index contributed by atoms with van der Waals surface area (Å²) in [5.74, 6) is -0.244. The van der Waals surface area contributed by atoms with E-state index in [-0.39, 0.29) is 0 Å². The molecule has 0 aromatic carbocycles. The molecule has 0 fully saturated rings. The fourth-order valence-corrected chi connectivity index (χ4v) is 1.55. The summed E-state index contributed by atoms with van der Waals surface area (Å²) in [6.45, 7) is 1.63. The number of hydrogen-bond acceptors (Lipinski definition) is 3. The Hall–Kier alpha value is -0.220. The van der Waals surface area contributed by atoms with E-state index >= 15 is 0 Å². The Morgan fingerprint density at radius 3 is 2.62 bits per heavy atom. The van der Waals surface area contributed by atoms with Gasteiger partial charge in [-0.3, -0.25) is 4.79 Å². The molecule has 2 N–H and O–H groups in total. The van der Waals surface area contributed by atoms with Gasteiger partial charge in [0.15, 0.2) is 0 Å². The number of carboxylic acids is 1. The highest BCUT2D eigenvalue weighted by Gasteiger charge is 2.15. The van der Waals surface area contributed by atoms with E-state index in [1.54, 1.807) is 18.7 Å². The standard InChI is InChI=1S/C9H18O3S/c1-7(9(11)12)6-8(10)4-3-5-13-2/h7-8,10H,3-6H2,1-2H3,(H,11,12). The monoisotopic (exact) mass is 206 g/mol. The molecule has 0 aromatic rings. The van der Waals surface area contributed by atoms with Crippen molar-refractivity contribution in [2.75, 3.05) is 12.0 Å². The van der Waals surface area contributed by atoms with Gasteiger partial charge in [-0.1, -0.05) is 6.92 Å². The highest BCUT2D eigenvalue weighted by Crippen LogP contribution is 2.11. The quantitative estimate of drug-likeness (QED) is 0.621. The third-order valence-corrected chi connectivity index (χ3v) is 2.63. The molecule has 0 radical (unpaired) electrons. The van der Waals surface area contributed by atoms with Crippen LogP contribution in [0.15, 0.2) is 0 Å². The summed E-state index contributed by atoms with van der Waals surface area (Å²) < 4.78 is 0. The lowest BCUT2D eigenvalue weighted by molar-refractivity contribution is -0.142. The highest BCUT2D eigenvalue weighted by molar-refractivity contribution is 7.98. The van der Waals surface area contributed by atoms with Crippen molar-refractivity contribution in [3.63, 3.8) is 0 Å². The molecule has 0 heterocycles. The number of thioether (sulfide) groups is 1. The summed E-state index contributed by atoms with van der Waals surface area (Å²) in [6.07, 6.45) is 3.58. The molecule has 4 heteroatoms. The lowest BCUT2D eigenvalue weighted by Gasteiger charge is -2.12. The summed E-state index contributed by atoms with van der Waals surface area (Å²) in [4.78, 5) is 10.4. The Morgan fingerprint density at radius 1 is 1.54 bits per heavy atom. The van der Waals surface area contributed by atoms with Crippen LogP contribution in [0.25, 0.3) is 0 Å². The second-order valence-electron chi connectivity index (χ2n) is 3.26. The Balaban J connectivity index is 3.49. The minimum Gasteiger partial charge on any atom is -0.481 e. The van der Waals surface area contributed by atoms with Crippen molar-refractivity contribution in [1.82, 2.24) is 0 Å². The first-order valence-corrected chi connectivity index (χ1v) is 5.87. The second kappa shape index (κ2) is 7.21. The number of rotatable bonds is 7. The third kappa shape index (κ3) is 6.90. The van der Waals surface area contributed by atoms with Crippen molar-refractivity contribution in [3.8, 4) is 0 Å². The molecule has 0 aromatic heterocycles. The Morgan fingerprint density at radius 2 is 2.15 bits per heavy atom. The van der Waals surface area contributed by atoms with Gasteiger partial charge in [-0.2, -0.15) is 11.8 Å². The molecule has 0 saturated carbocycles. The highest BCUT2D eigenvalue weighted by atomic mass is 32.2. The Kier molecular flexibility index (Phi) is 7.09. The van der Waals surface area contributed by atoms with Crippen LogP contribution < -0.4 is 0 Å². The van der Waals surface area contributed by atoms with Crippen molar-refractivity contribution in [2.45, 2.75) is 32.3 Å². The Labute approximate surface area is 83.5 Å². The maximum absolute atomic E-state index is 10.4. The van der Waals surface area contributed by atoms with E-state index in [4.69, 9.17) is 5.11 Å². The van der Waals surface area contributed by atoms with Gasteiger partial charge >= 0.3 is 5.97 Å². The molecule has 3 nitrogen and oxygen atoms in total. The predicted octanol–water partition coefficient (Wildman–Crippen LogP) is 1.60. The van der Waals surface area contributed by atoms with E-state index in [0.29, 0.717) is 12.8 Å². The normalized spacial score (nSPS) is 15.3. The van der Waals surface area contributed by atoms with E-state index in [1.807, 2.05) is 6.26 Å². The summed E-state index contributed by atoms with van der Waals surface area (Å²) in [7, 11) is 0. The van der Waals surface area contributed by atoms with Gasteiger partial charge in [0.1, 0.15) is 0 Å². The van der Waals surface area contributed by atoms with Gasteiger partial charge in [-0.25, -0.2) is 0 Å². The molecule has 0 amide bonds. The van der Waals surface area contributed by atoms with Crippen molar-refractivity contribution in [1.29, 1.82) is 0 Å². The van der Waals surface area contributed by atoms with Gasteiger partial charge in [0.2, 0.25) is 0 Å². The Bertz CT molecular complexity index is 150. The SMILES string of the molecule is CSCCCC(O)CC(C)C(=O)O. The predicted molar refractivity (Wildman–Crippen MR) is 55.0 cm³/mol. The van der Waals surface area contributed by atoms with Crippen LogP contribution >= 0.6 is 11.8 Å². The maximum atomic E-state index is 10.4. The lowest BCUT2D eigenvalue weighted by Crippen LogP contribution is -2.18. The number of carboxylic acid groups (broad SMARTS) is 1. The van der Waals surface area contributed by atoms with Gasteiger partial charge in [-0.05, 0) is 31.3 Å². The zero-order chi connectivity index (χ0) is 10.3. The molecular weight excluding hydrogens is 188 g/mol. The van der Waals surface area contributed by atoms with E-state index in [1.165, 1.54) is 0 Å². The largest absolute Gasteiger partial charge is 0.481 e. The molecule has 0 saturated heterocycles. The topological polar surface area (TPSA) is 57.5 Å². The van der Waals surface area contributed by atoms with E-state index < -0.39 is 18.0 Å². The molecule has 0 aliphatic heterocycles. The van der Waals surface area contributed by atoms with Gasteiger partial charge in [0.25, 0.3) is 0 Å². The zero-order valence-corrected chi connectivity index (χ0v) is 9.01. The van der Waals surface area contributed by atoms with Crippen LogP contribution in [0.3, 0.4) is 0 Å². The van der Waals surface area contributed by atoms with Crippen LogP contribution in [0.2, 0.25) is 0 Å². The first kappa shape index (κ1) is 12.8. The second-order valence-corrected chi connectivity index (χ2v) is 4.25. The smallest absolute Gasteiger partial charge is 0.306 e. The van der Waals surface area contributed by atoms with E-state index in [9.17, 15) is 9.90 Å². The van der Waals surface area contributed by atoms with Crippen molar-refractivity contribution in [2.24, 2.45) is 5.92 Å². The molecule has 78 valence electrons. The van der Waals surface area contributed by atoms with Gasteiger partial charge in [0, 0.05) is 0 Å². The summed E-state index contributed by atoms with van der Waals surface area (Å²) in [6, 6.07) is 0. The molecule has 0 spiro atoms. The first-order chi connectivity index (χ1) is 6.07. The third-order valence-electron chi connectivity index (χ3n) is 1.93. The van der Waals surface area contributed by atoms with Crippen LogP contribution in [0, 0.1) is 5.92 Å². The maximum Gasteiger partial charge on any atom is 0.306 e. The number of aliphatic hydroxyl groups excluding tert-OH is 1. The fourth-order valence-electron chi connectivity index (χ4n) is 1.09. The fraction of sp³-hybridized carbons (Fsp3) is 0.889. The zero-order valence-electron chi connectivity index (χ0n) is 8.19. The van der Waals surface area contributed by atoms with Crippen LogP contribution in [0.5, 0.6) is 0 Å². The van der Waals surface area contributed by atoms with Crippen molar-refractivity contribution < 1.29 is 15.0 Å². The molecule has 0 aliphatic rings. The number of hydrogen-bond donors (Lipinski definition) is 2. The molecule has 2 atom stereocenters. The van der Waals surface area contributed by atoms with Gasteiger partial charge in [0.05, 0.1) is 12.0 Å². The summed E-state index contributed by atoms with van der Waals surface area (Å²) in [5, 5.41) is 18.0. The van der Waals surface area contributed by atoms with E-state index in [2.05, 4.69) is 0 Å². The van der Waals surface area contributed by atoms with Crippen LogP contribution in [-0.4, -0.2) is 34.3 Å².